The minimum absolute atomic E-state index is 0.104. The fourth-order valence-corrected chi connectivity index (χ4v) is 4.50. The van der Waals surface area contributed by atoms with Gasteiger partial charge in [-0.05, 0) is 66.7 Å². The van der Waals surface area contributed by atoms with E-state index in [1.54, 1.807) is 31.0 Å². The molecule has 0 radical (unpaired) electrons. The summed E-state index contributed by atoms with van der Waals surface area (Å²) in [5.41, 5.74) is 3.11. The van der Waals surface area contributed by atoms with E-state index in [1.807, 2.05) is 48.5 Å². The molecule has 4 aromatic rings. The van der Waals surface area contributed by atoms with Crippen molar-refractivity contribution in [2.45, 2.75) is 38.9 Å². The van der Waals surface area contributed by atoms with Crippen LogP contribution in [0.2, 0.25) is 18.1 Å². The molecule has 9 heteroatoms. The molecule has 0 saturated heterocycles. The van der Waals surface area contributed by atoms with E-state index in [4.69, 9.17) is 13.9 Å². The number of rotatable bonds is 7. The predicted octanol–water partition coefficient (Wildman–Crippen LogP) is 6.05. The van der Waals surface area contributed by atoms with Crippen LogP contribution in [0.4, 0.5) is 5.69 Å². The average molecular weight is 505 g/mol. The van der Waals surface area contributed by atoms with E-state index in [0.717, 1.165) is 17.0 Å². The van der Waals surface area contributed by atoms with Crippen LogP contribution in [0.15, 0.2) is 60.8 Å². The van der Waals surface area contributed by atoms with Crippen LogP contribution in [0.3, 0.4) is 0 Å². The number of aromatic nitrogens is 3. The molecule has 0 fully saturated rings. The van der Waals surface area contributed by atoms with Gasteiger partial charge in [-0.25, -0.2) is 9.50 Å². The molecule has 1 N–H and O–H groups in total. The first-order valence-corrected chi connectivity index (χ1v) is 14.6. The number of hydrogen-bond donors (Lipinski definition) is 1. The standard InChI is InChI=1S/C27H32N4O4Si/c1-27(2,3)36(6,7)35-20-11-9-19(10-12-20)29-26(32)21-17-25-28-15-14-22(31(25)30-21)18-8-13-23(33-4)24(16-18)34-5/h8-17H,1-7H3,(H,29,32). The number of methoxy groups -OCH3 is 2. The number of nitrogens with one attached hydrogen (secondary N) is 1. The number of carbonyl (C=O) groups is 1. The van der Waals surface area contributed by atoms with Crippen molar-refractivity contribution in [1.29, 1.82) is 0 Å². The van der Waals surface area contributed by atoms with Crippen LogP contribution < -0.4 is 19.2 Å². The zero-order valence-electron chi connectivity index (χ0n) is 21.7. The van der Waals surface area contributed by atoms with Crippen LogP contribution in [-0.2, 0) is 0 Å². The Balaban J connectivity index is 1.55. The van der Waals surface area contributed by atoms with Crippen molar-refractivity contribution in [2.75, 3.05) is 19.5 Å². The van der Waals surface area contributed by atoms with Crippen LogP contribution in [-0.4, -0.2) is 43.0 Å². The van der Waals surface area contributed by atoms with Gasteiger partial charge in [0, 0.05) is 23.5 Å². The molecule has 0 spiro atoms. The van der Waals surface area contributed by atoms with Gasteiger partial charge >= 0.3 is 0 Å². The SMILES string of the molecule is COc1ccc(-c2ccnc3cc(C(=O)Nc4ccc(O[Si](C)(C)C(C)(C)C)cc4)nn23)cc1OC. The lowest BCUT2D eigenvalue weighted by Gasteiger charge is -2.36. The summed E-state index contributed by atoms with van der Waals surface area (Å²) in [5, 5.41) is 7.54. The van der Waals surface area contributed by atoms with E-state index in [0.29, 0.717) is 22.8 Å². The van der Waals surface area contributed by atoms with Crippen molar-refractivity contribution < 1.29 is 18.7 Å². The van der Waals surface area contributed by atoms with E-state index >= 15 is 0 Å². The number of hydrogen-bond acceptors (Lipinski definition) is 6. The Hall–Kier alpha value is -3.85. The summed E-state index contributed by atoms with van der Waals surface area (Å²) in [6.45, 7) is 11.0. The highest BCUT2D eigenvalue weighted by atomic mass is 28.4. The topological polar surface area (TPSA) is 87.0 Å². The van der Waals surface area contributed by atoms with E-state index in [2.05, 4.69) is 49.3 Å². The van der Waals surface area contributed by atoms with Gasteiger partial charge in [0.1, 0.15) is 5.75 Å². The molecular weight excluding hydrogens is 472 g/mol. The van der Waals surface area contributed by atoms with Crippen molar-refractivity contribution in [2.24, 2.45) is 0 Å². The zero-order valence-corrected chi connectivity index (χ0v) is 22.7. The normalized spacial score (nSPS) is 11.9. The average Bonchev–Trinajstić information content (AvgIpc) is 3.29. The van der Waals surface area contributed by atoms with Crippen molar-refractivity contribution in [3.63, 3.8) is 0 Å². The number of benzene rings is 2. The highest BCUT2D eigenvalue weighted by molar-refractivity contribution is 6.74. The number of anilines is 1. The number of amides is 1. The minimum atomic E-state index is -1.93. The molecule has 1 amide bonds. The quantitative estimate of drug-likeness (QED) is 0.308. The maximum absolute atomic E-state index is 13.0. The molecule has 0 aliphatic heterocycles. The molecular formula is C27H32N4O4Si. The molecule has 0 atom stereocenters. The first-order chi connectivity index (χ1) is 17.0. The third-order valence-electron chi connectivity index (χ3n) is 6.56. The van der Waals surface area contributed by atoms with Gasteiger partial charge in [0.25, 0.3) is 5.91 Å². The number of ether oxygens (including phenoxy) is 2. The second-order valence-corrected chi connectivity index (χ2v) is 14.8. The maximum atomic E-state index is 13.0. The first kappa shape index (κ1) is 25.2. The van der Waals surface area contributed by atoms with Gasteiger partial charge in [-0.1, -0.05) is 20.8 Å². The van der Waals surface area contributed by atoms with Crippen molar-refractivity contribution in [1.82, 2.24) is 14.6 Å². The summed E-state index contributed by atoms with van der Waals surface area (Å²) >= 11 is 0. The van der Waals surface area contributed by atoms with Gasteiger partial charge in [-0.3, -0.25) is 4.79 Å². The molecule has 36 heavy (non-hydrogen) atoms. The number of carbonyl (C=O) groups excluding carboxylic acids is 1. The zero-order chi connectivity index (χ0) is 26.1. The van der Waals surface area contributed by atoms with Crippen molar-refractivity contribution >= 4 is 25.6 Å². The Morgan fingerprint density at radius 3 is 2.28 bits per heavy atom. The fourth-order valence-electron chi connectivity index (χ4n) is 3.47. The van der Waals surface area contributed by atoms with Gasteiger partial charge in [0.2, 0.25) is 8.32 Å². The van der Waals surface area contributed by atoms with E-state index in [9.17, 15) is 4.79 Å². The molecule has 2 aromatic carbocycles. The highest BCUT2D eigenvalue weighted by Crippen LogP contribution is 2.37. The third-order valence-corrected chi connectivity index (χ3v) is 10.9. The summed E-state index contributed by atoms with van der Waals surface area (Å²) in [4.78, 5) is 17.4. The maximum Gasteiger partial charge on any atom is 0.276 e. The lowest BCUT2D eigenvalue weighted by atomic mass is 10.1. The highest BCUT2D eigenvalue weighted by Gasteiger charge is 2.38. The Bertz CT molecular complexity index is 1390. The number of fused-ring (bicyclic) bond motifs is 1. The molecule has 8 nitrogen and oxygen atoms in total. The summed E-state index contributed by atoms with van der Waals surface area (Å²) in [7, 11) is 1.25. The molecule has 4 rings (SSSR count). The lowest BCUT2D eigenvalue weighted by molar-refractivity contribution is 0.102. The Kier molecular flexibility index (Phi) is 6.77. The summed E-state index contributed by atoms with van der Waals surface area (Å²) in [6, 6.07) is 16.5. The summed E-state index contributed by atoms with van der Waals surface area (Å²) < 4.78 is 18.7. The second kappa shape index (κ2) is 9.66. The molecule has 2 aromatic heterocycles. The Morgan fingerprint density at radius 1 is 0.944 bits per heavy atom. The van der Waals surface area contributed by atoms with Crippen LogP contribution in [0.1, 0.15) is 31.3 Å². The van der Waals surface area contributed by atoms with E-state index in [-0.39, 0.29) is 16.6 Å². The molecule has 0 saturated carbocycles. The predicted molar refractivity (Wildman–Crippen MR) is 144 cm³/mol. The van der Waals surface area contributed by atoms with Crippen LogP contribution in [0.25, 0.3) is 16.9 Å². The minimum Gasteiger partial charge on any atom is -0.544 e. The monoisotopic (exact) mass is 504 g/mol. The van der Waals surface area contributed by atoms with Crippen LogP contribution in [0, 0.1) is 0 Å². The lowest BCUT2D eigenvalue weighted by Crippen LogP contribution is -2.43. The molecule has 188 valence electrons. The largest absolute Gasteiger partial charge is 0.544 e. The van der Waals surface area contributed by atoms with Gasteiger partial charge in [0.15, 0.2) is 22.8 Å². The second-order valence-electron chi connectivity index (χ2n) is 10.0. The third kappa shape index (κ3) is 5.06. The summed E-state index contributed by atoms with van der Waals surface area (Å²) in [6.07, 6.45) is 1.69. The van der Waals surface area contributed by atoms with E-state index < -0.39 is 8.32 Å². The van der Waals surface area contributed by atoms with Gasteiger partial charge in [0.05, 0.1) is 19.9 Å². The van der Waals surface area contributed by atoms with Gasteiger partial charge in [-0.2, -0.15) is 5.10 Å². The molecule has 0 aliphatic rings. The number of nitrogens with zero attached hydrogens (tertiary/aromatic N) is 3. The molecule has 0 unspecified atom stereocenters. The van der Waals surface area contributed by atoms with Crippen LogP contribution >= 0.6 is 0 Å². The summed E-state index contributed by atoms with van der Waals surface area (Å²) in [5.74, 6) is 1.71. The van der Waals surface area contributed by atoms with Gasteiger partial charge in [-0.15, -0.1) is 0 Å². The van der Waals surface area contributed by atoms with Crippen LogP contribution in [0.5, 0.6) is 17.2 Å². The van der Waals surface area contributed by atoms with Gasteiger partial charge < -0.3 is 19.2 Å². The van der Waals surface area contributed by atoms with Crippen molar-refractivity contribution in [3.05, 3.63) is 66.5 Å². The Morgan fingerprint density at radius 2 is 1.64 bits per heavy atom. The van der Waals surface area contributed by atoms with Crippen molar-refractivity contribution in [3.8, 4) is 28.5 Å². The Labute approximate surface area is 212 Å². The first-order valence-electron chi connectivity index (χ1n) is 11.7. The fraction of sp³-hybridized carbons (Fsp3) is 0.296. The van der Waals surface area contributed by atoms with E-state index in [1.165, 1.54) is 0 Å². The molecule has 2 heterocycles. The smallest absolute Gasteiger partial charge is 0.276 e. The molecule has 0 bridgehead atoms. The molecule has 0 aliphatic carbocycles.